The quantitative estimate of drug-likeness (QED) is 0.762. The molecule has 5 nitrogen and oxygen atoms in total. The highest BCUT2D eigenvalue weighted by Gasteiger charge is 2.16. The number of carbonyl (C=O) groups excluding carboxylic acids is 1. The van der Waals surface area contributed by atoms with Crippen LogP contribution in [-0.4, -0.2) is 30.5 Å². The minimum absolute atomic E-state index is 0.175. The third-order valence-electron chi connectivity index (χ3n) is 4.43. The molecule has 0 spiro atoms. The fourth-order valence-electron chi connectivity index (χ4n) is 2.97. The van der Waals surface area contributed by atoms with Crippen molar-refractivity contribution in [1.29, 1.82) is 0 Å². The van der Waals surface area contributed by atoms with Gasteiger partial charge in [0.15, 0.2) is 0 Å². The topological polar surface area (TPSA) is 66.0 Å². The zero-order chi connectivity index (χ0) is 17.6. The molecule has 25 heavy (non-hydrogen) atoms. The van der Waals surface area contributed by atoms with Crippen LogP contribution in [0.4, 0.5) is 11.5 Å². The molecule has 0 saturated carbocycles. The summed E-state index contributed by atoms with van der Waals surface area (Å²) < 4.78 is 0. The molecule has 6 heteroatoms. The molecule has 0 atom stereocenters. The molecule has 1 fully saturated rings. The number of nitrogens with zero attached hydrogens (tertiary/aromatic N) is 1. The zero-order valence-electron chi connectivity index (χ0n) is 14.3. The fourth-order valence-corrected chi connectivity index (χ4v) is 3.09. The van der Waals surface area contributed by atoms with Gasteiger partial charge in [-0.25, -0.2) is 4.98 Å². The van der Waals surface area contributed by atoms with Gasteiger partial charge in [-0.3, -0.25) is 4.79 Å². The second-order valence-electron chi connectivity index (χ2n) is 6.44. The second kappa shape index (κ2) is 8.32. The van der Waals surface area contributed by atoms with E-state index in [1.54, 1.807) is 12.1 Å². The van der Waals surface area contributed by atoms with Gasteiger partial charge in [-0.15, -0.1) is 0 Å². The lowest BCUT2D eigenvalue weighted by molar-refractivity contribution is 0.102. The number of aromatic nitrogens is 1. The van der Waals surface area contributed by atoms with Crippen molar-refractivity contribution in [2.75, 3.05) is 30.3 Å². The number of nitrogens with one attached hydrogen (secondary N) is 3. The maximum absolute atomic E-state index is 12.7. The Morgan fingerprint density at radius 1 is 1.28 bits per heavy atom. The normalized spacial score (nSPS) is 15.0. The molecular formula is C19H23ClN4O. The van der Waals surface area contributed by atoms with E-state index in [0.717, 1.165) is 43.7 Å². The van der Waals surface area contributed by atoms with E-state index in [9.17, 15) is 4.79 Å². The molecule has 1 saturated heterocycles. The molecule has 2 aromatic rings. The van der Waals surface area contributed by atoms with Gasteiger partial charge in [-0.2, -0.15) is 0 Å². The number of hydrogen-bond donors (Lipinski definition) is 3. The Morgan fingerprint density at radius 3 is 2.80 bits per heavy atom. The Labute approximate surface area is 153 Å². The predicted molar refractivity (Wildman–Crippen MR) is 102 cm³/mol. The number of pyridine rings is 1. The number of anilines is 2. The van der Waals surface area contributed by atoms with Crippen LogP contribution in [0.3, 0.4) is 0 Å². The van der Waals surface area contributed by atoms with Gasteiger partial charge in [0.05, 0.1) is 10.6 Å². The van der Waals surface area contributed by atoms with Gasteiger partial charge in [-0.1, -0.05) is 23.2 Å². The summed E-state index contributed by atoms with van der Waals surface area (Å²) in [6.45, 7) is 4.99. The number of halogens is 1. The predicted octanol–water partition coefficient (Wildman–Crippen LogP) is 3.71. The van der Waals surface area contributed by atoms with Crippen LogP contribution in [0.25, 0.3) is 0 Å². The van der Waals surface area contributed by atoms with Crippen molar-refractivity contribution in [1.82, 2.24) is 10.3 Å². The van der Waals surface area contributed by atoms with Crippen molar-refractivity contribution in [3.63, 3.8) is 0 Å². The molecule has 0 bridgehead atoms. The largest absolute Gasteiger partial charge is 0.384 e. The summed E-state index contributed by atoms with van der Waals surface area (Å²) in [5.74, 6) is 0.947. The van der Waals surface area contributed by atoms with E-state index >= 15 is 0 Å². The number of carbonyl (C=O) groups is 1. The summed E-state index contributed by atoms with van der Waals surface area (Å²) >= 11 is 5.84. The molecule has 1 amide bonds. The maximum Gasteiger partial charge on any atom is 0.258 e. The number of aryl methyl sites for hydroxylation is 1. The molecule has 3 rings (SSSR count). The average molecular weight is 359 g/mol. The molecule has 2 heterocycles. The van der Waals surface area contributed by atoms with Crippen molar-refractivity contribution in [2.24, 2.45) is 5.92 Å². The van der Waals surface area contributed by atoms with Gasteiger partial charge in [0.1, 0.15) is 5.82 Å². The second-order valence-corrected chi connectivity index (χ2v) is 6.88. The maximum atomic E-state index is 12.7. The van der Waals surface area contributed by atoms with Crippen LogP contribution in [-0.2, 0) is 0 Å². The third-order valence-corrected chi connectivity index (χ3v) is 4.65. The van der Waals surface area contributed by atoms with Gasteiger partial charge in [-0.05, 0) is 63.0 Å². The number of piperidine rings is 1. The molecule has 1 aliphatic rings. The Hall–Kier alpha value is -2.11. The Morgan fingerprint density at radius 2 is 2.08 bits per heavy atom. The molecule has 3 N–H and O–H groups in total. The number of rotatable bonds is 5. The first-order valence-electron chi connectivity index (χ1n) is 8.60. The lowest BCUT2D eigenvalue weighted by atomic mass is 9.98. The van der Waals surface area contributed by atoms with Crippen LogP contribution in [0.5, 0.6) is 0 Å². The van der Waals surface area contributed by atoms with E-state index in [1.165, 1.54) is 6.20 Å². The van der Waals surface area contributed by atoms with Crippen LogP contribution < -0.4 is 16.0 Å². The number of amides is 1. The first-order valence-corrected chi connectivity index (χ1v) is 8.98. The van der Waals surface area contributed by atoms with E-state index in [2.05, 4.69) is 20.9 Å². The summed E-state index contributed by atoms with van der Waals surface area (Å²) in [5, 5.41) is 10.2. The van der Waals surface area contributed by atoms with E-state index in [0.29, 0.717) is 22.3 Å². The highest BCUT2D eigenvalue weighted by molar-refractivity contribution is 6.30. The van der Waals surface area contributed by atoms with Gasteiger partial charge in [0.2, 0.25) is 0 Å². The lowest BCUT2D eigenvalue weighted by Gasteiger charge is -2.24. The molecule has 0 unspecified atom stereocenters. The molecule has 1 aliphatic heterocycles. The summed E-state index contributed by atoms with van der Waals surface area (Å²) in [6, 6.07) is 9.29. The molecule has 0 aliphatic carbocycles. The zero-order valence-corrected chi connectivity index (χ0v) is 15.1. The van der Waals surface area contributed by atoms with E-state index < -0.39 is 0 Å². The highest BCUT2D eigenvalue weighted by Crippen LogP contribution is 2.21. The van der Waals surface area contributed by atoms with E-state index in [4.69, 9.17) is 11.6 Å². The van der Waals surface area contributed by atoms with Crippen molar-refractivity contribution in [3.05, 3.63) is 52.7 Å². The summed E-state index contributed by atoms with van der Waals surface area (Å²) in [4.78, 5) is 16.8. The first kappa shape index (κ1) is 17.7. The standard InChI is InChI=1S/C19H23ClN4O/c1-13-2-4-17(22-11-14-6-8-21-9-7-14)16(10-13)19(25)24-18-5-3-15(20)12-23-18/h2-5,10,12,14,21-22H,6-9,11H2,1H3,(H,23,24,25). The van der Waals surface area contributed by atoms with Gasteiger partial charge >= 0.3 is 0 Å². The van der Waals surface area contributed by atoms with Crippen molar-refractivity contribution in [2.45, 2.75) is 19.8 Å². The van der Waals surface area contributed by atoms with Crippen LogP contribution in [0.1, 0.15) is 28.8 Å². The van der Waals surface area contributed by atoms with Crippen LogP contribution in [0, 0.1) is 12.8 Å². The van der Waals surface area contributed by atoms with Crippen molar-refractivity contribution in [3.8, 4) is 0 Å². The van der Waals surface area contributed by atoms with Gasteiger partial charge in [0.25, 0.3) is 5.91 Å². The molecule has 1 aromatic heterocycles. The van der Waals surface area contributed by atoms with E-state index in [-0.39, 0.29) is 5.91 Å². The summed E-state index contributed by atoms with van der Waals surface area (Å²) in [5.41, 5.74) is 2.53. The minimum atomic E-state index is -0.175. The minimum Gasteiger partial charge on any atom is -0.384 e. The molecular weight excluding hydrogens is 336 g/mol. The SMILES string of the molecule is Cc1ccc(NCC2CCNCC2)c(C(=O)Nc2ccc(Cl)cn2)c1. The van der Waals surface area contributed by atoms with Crippen molar-refractivity contribution < 1.29 is 4.79 Å². The third kappa shape index (κ3) is 4.94. The molecule has 0 radical (unpaired) electrons. The average Bonchev–Trinajstić information content (AvgIpc) is 2.63. The van der Waals surface area contributed by atoms with Crippen LogP contribution in [0.2, 0.25) is 5.02 Å². The first-order chi connectivity index (χ1) is 12.1. The Bertz CT molecular complexity index is 727. The Balaban J connectivity index is 1.71. The van der Waals surface area contributed by atoms with Crippen molar-refractivity contribution >= 4 is 29.0 Å². The van der Waals surface area contributed by atoms with E-state index in [1.807, 2.05) is 25.1 Å². The fraction of sp³-hybridized carbons (Fsp3) is 0.368. The number of hydrogen-bond acceptors (Lipinski definition) is 4. The summed E-state index contributed by atoms with van der Waals surface area (Å²) in [7, 11) is 0. The van der Waals surface area contributed by atoms with Gasteiger partial charge < -0.3 is 16.0 Å². The van der Waals surface area contributed by atoms with Crippen LogP contribution in [0.15, 0.2) is 36.5 Å². The smallest absolute Gasteiger partial charge is 0.258 e. The number of benzene rings is 1. The lowest BCUT2D eigenvalue weighted by Crippen LogP contribution is -2.31. The van der Waals surface area contributed by atoms with Gasteiger partial charge in [0, 0.05) is 18.4 Å². The Kier molecular flexibility index (Phi) is 5.89. The van der Waals surface area contributed by atoms with Crippen LogP contribution >= 0.6 is 11.6 Å². The molecule has 1 aromatic carbocycles. The monoisotopic (exact) mass is 358 g/mol. The summed E-state index contributed by atoms with van der Waals surface area (Å²) in [6.07, 6.45) is 3.84. The highest BCUT2D eigenvalue weighted by atomic mass is 35.5. The molecule has 132 valence electrons.